The van der Waals surface area contributed by atoms with Crippen molar-refractivity contribution < 1.29 is 19.1 Å². The van der Waals surface area contributed by atoms with Gasteiger partial charge in [0.2, 0.25) is 0 Å². The maximum Gasteiger partial charge on any atom is 0.344 e. The van der Waals surface area contributed by atoms with E-state index in [1.165, 1.54) is 0 Å². The molecule has 6 nitrogen and oxygen atoms in total. The summed E-state index contributed by atoms with van der Waals surface area (Å²) < 4.78 is 10.2. The highest BCUT2D eigenvalue weighted by atomic mass is 16.6. The van der Waals surface area contributed by atoms with Gasteiger partial charge in [0.1, 0.15) is 5.75 Å². The van der Waals surface area contributed by atoms with Crippen LogP contribution in [0.5, 0.6) is 5.75 Å². The average molecular weight is 338 g/mol. The maximum absolute atomic E-state index is 11.7. The molecule has 0 saturated heterocycles. The number of amides is 1. The molecule has 0 aliphatic carbocycles. The summed E-state index contributed by atoms with van der Waals surface area (Å²) in [5.74, 6) is -0.518. The number of anilines is 1. The smallest absolute Gasteiger partial charge is 0.344 e. The zero-order chi connectivity index (χ0) is 18.2. The third-order valence-corrected chi connectivity index (χ3v) is 3.21. The van der Waals surface area contributed by atoms with Crippen molar-refractivity contribution in [3.05, 3.63) is 59.2 Å². The van der Waals surface area contributed by atoms with Gasteiger partial charge in [-0.05, 0) is 61.4 Å². The molecular formula is C19H18N2O4. The number of hydrogen-bond acceptors (Lipinski definition) is 5. The van der Waals surface area contributed by atoms with Crippen LogP contribution in [0.1, 0.15) is 16.7 Å². The molecule has 0 aliphatic heterocycles. The molecule has 0 heterocycles. The Bertz CT molecular complexity index is 787. The summed E-state index contributed by atoms with van der Waals surface area (Å²) in [6, 6.07) is 14.0. The summed E-state index contributed by atoms with van der Waals surface area (Å²) in [4.78, 5) is 23.4. The first kappa shape index (κ1) is 18.0. The van der Waals surface area contributed by atoms with E-state index in [-0.39, 0.29) is 6.61 Å². The normalized spacial score (nSPS) is 9.80. The van der Waals surface area contributed by atoms with Crippen LogP contribution in [0.25, 0.3) is 0 Å². The summed E-state index contributed by atoms with van der Waals surface area (Å²) in [6.45, 7) is 3.19. The molecule has 0 saturated carbocycles. The monoisotopic (exact) mass is 338 g/mol. The molecule has 0 fully saturated rings. The van der Waals surface area contributed by atoms with Gasteiger partial charge in [-0.15, -0.1) is 0 Å². The number of nitriles is 1. The Morgan fingerprint density at radius 3 is 2.28 bits per heavy atom. The molecule has 0 spiro atoms. The summed E-state index contributed by atoms with van der Waals surface area (Å²) in [7, 11) is 0. The fourth-order valence-electron chi connectivity index (χ4n) is 2.17. The van der Waals surface area contributed by atoms with Crippen molar-refractivity contribution >= 4 is 17.6 Å². The highest BCUT2D eigenvalue weighted by molar-refractivity contribution is 5.92. The van der Waals surface area contributed by atoms with Crippen LogP contribution in [-0.4, -0.2) is 25.1 Å². The minimum Gasteiger partial charge on any atom is -0.482 e. The van der Waals surface area contributed by atoms with Crippen LogP contribution in [0.2, 0.25) is 0 Å². The SMILES string of the molecule is Cc1cc(C)cc(OCC(=O)OCC(=O)Nc2ccc(C#N)cc2)c1. The Morgan fingerprint density at radius 1 is 1.04 bits per heavy atom. The number of carbonyl (C=O) groups excluding carboxylic acids is 2. The number of rotatable bonds is 6. The van der Waals surface area contributed by atoms with Crippen molar-refractivity contribution in [2.24, 2.45) is 0 Å². The largest absolute Gasteiger partial charge is 0.482 e. The number of hydrogen-bond donors (Lipinski definition) is 1. The molecule has 0 radical (unpaired) electrons. The molecule has 0 aromatic heterocycles. The van der Waals surface area contributed by atoms with E-state index in [0.717, 1.165) is 11.1 Å². The second kappa shape index (κ2) is 8.50. The molecule has 1 N–H and O–H groups in total. The number of nitrogens with zero attached hydrogens (tertiary/aromatic N) is 1. The minimum atomic E-state index is -0.630. The standard InChI is InChI=1S/C19H18N2O4/c1-13-7-14(2)9-17(8-13)24-12-19(23)25-11-18(22)21-16-5-3-15(10-20)4-6-16/h3-9H,11-12H2,1-2H3,(H,21,22). The molecule has 0 aliphatic rings. The first-order chi connectivity index (χ1) is 12.0. The van der Waals surface area contributed by atoms with E-state index < -0.39 is 18.5 Å². The van der Waals surface area contributed by atoms with Gasteiger partial charge in [-0.2, -0.15) is 5.26 Å². The molecule has 0 atom stereocenters. The molecule has 25 heavy (non-hydrogen) atoms. The van der Waals surface area contributed by atoms with Crippen molar-refractivity contribution in [3.8, 4) is 11.8 Å². The first-order valence-corrected chi connectivity index (χ1v) is 7.63. The lowest BCUT2D eigenvalue weighted by Crippen LogP contribution is -2.23. The number of carbonyl (C=O) groups is 2. The van der Waals surface area contributed by atoms with Crippen LogP contribution in [0.4, 0.5) is 5.69 Å². The Hall–Kier alpha value is -3.33. The fourth-order valence-corrected chi connectivity index (χ4v) is 2.17. The number of ether oxygens (including phenoxy) is 2. The van der Waals surface area contributed by atoms with Gasteiger partial charge < -0.3 is 14.8 Å². The summed E-state index contributed by atoms with van der Waals surface area (Å²) in [5, 5.41) is 11.3. The maximum atomic E-state index is 11.7. The number of benzene rings is 2. The van der Waals surface area contributed by atoms with Gasteiger partial charge in [0, 0.05) is 5.69 Å². The quantitative estimate of drug-likeness (QED) is 0.818. The van der Waals surface area contributed by atoms with Crippen LogP contribution >= 0.6 is 0 Å². The van der Waals surface area contributed by atoms with Crippen molar-refractivity contribution in [2.45, 2.75) is 13.8 Å². The van der Waals surface area contributed by atoms with Gasteiger partial charge in [0.15, 0.2) is 13.2 Å². The molecule has 1 amide bonds. The molecule has 2 aromatic rings. The van der Waals surface area contributed by atoms with E-state index >= 15 is 0 Å². The predicted molar refractivity (Wildman–Crippen MR) is 92.2 cm³/mol. The Morgan fingerprint density at radius 2 is 1.68 bits per heavy atom. The summed E-state index contributed by atoms with van der Waals surface area (Å²) in [5.41, 5.74) is 3.08. The van der Waals surface area contributed by atoms with Crippen LogP contribution in [0, 0.1) is 25.2 Å². The molecule has 0 unspecified atom stereocenters. The summed E-state index contributed by atoms with van der Waals surface area (Å²) in [6.07, 6.45) is 0. The number of nitrogens with one attached hydrogen (secondary N) is 1. The van der Waals surface area contributed by atoms with Gasteiger partial charge in [-0.1, -0.05) is 6.07 Å². The van der Waals surface area contributed by atoms with Gasteiger partial charge >= 0.3 is 5.97 Å². The van der Waals surface area contributed by atoms with Gasteiger partial charge in [0.05, 0.1) is 11.6 Å². The molecule has 6 heteroatoms. The predicted octanol–water partition coefficient (Wildman–Crippen LogP) is 2.74. The molecule has 2 aromatic carbocycles. The molecular weight excluding hydrogens is 320 g/mol. The van der Waals surface area contributed by atoms with Crippen molar-refractivity contribution in [2.75, 3.05) is 18.5 Å². The van der Waals surface area contributed by atoms with Crippen molar-refractivity contribution in [3.63, 3.8) is 0 Å². The van der Waals surface area contributed by atoms with E-state index in [2.05, 4.69) is 5.32 Å². The van der Waals surface area contributed by atoms with Crippen molar-refractivity contribution in [1.82, 2.24) is 0 Å². The first-order valence-electron chi connectivity index (χ1n) is 7.63. The zero-order valence-corrected chi connectivity index (χ0v) is 14.0. The van der Waals surface area contributed by atoms with E-state index in [9.17, 15) is 9.59 Å². The Kier molecular flexibility index (Phi) is 6.13. The van der Waals surface area contributed by atoms with Crippen LogP contribution in [0.15, 0.2) is 42.5 Å². The van der Waals surface area contributed by atoms with E-state index in [0.29, 0.717) is 17.0 Å². The average Bonchev–Trinajstić information content (AvgIpc) is 2.58. The zero-order valence-electron chi connectivity index (χ0n) is 14.0. The Labute approximate surface area is 146 Å². The fraction of sp³-hybridized carbons (Fsp3) is 0.211. The lowest BCUT2D eigenvalue weighted by atomic mass is 10.1. The second-order valence-electron chi connectivity index (χ2n) is 5.51. The van der Waals surface area contributed by atoms with Crippen LogP contribution in [0.3, 0.4) is 0 Å². The lowest BCUT2D eigenvalue weighted by molar-refractivity contribution is -0.149. The third kappa shape index (κ3) is 5.99. The third-order valence-electron chi connectivity index (χ3n) is 3.21. The highest BCUT2D eigenvalue weighted by Gasteiger charge is 2.09. The van der Waals surface area contributed by atoms with Crippen LogP contribution in [-0.2, 0) is 14.3 Å². The number of esters is 1. The van der Waals surface area contributed by atoms with Gasteiger partial charge in [0.25, 0.3) is 5.91 Å². The van der Waals surface area contributed by atoms with E-state index in [4.69, 9.17) is 14.7 Å². The van der Waals surface area contributed by atoms with Crippen LogP contribution < -0.4 is 10.1 Å². The molecule has 128 valence electrons. The molecule has 2 rings (SSSR count). The summed E-state index contributed by atoms with van der Waals surface area (Å²) >= 11 is 0. The second-order valence-corrected chi connectivity index (χ2v) is 5.51. The van der Waals surface area contributed by atoms with Gasteiger partial charge in [-0.25, -0.2) is 4.79 Å². The van der Waals surface area contributed by atoms with E-state index in [1.54, 1.807) is 24.3 Å². The van der Waals surface area contributed by atoms with Gasteiger partial charge in [-0.3, -0.25) is 4.79 Å². The Balaban J connectivity index is 1.75. The van der Waals surface area contributed by atoms with E-state index in [1.807, 2.05) is 38.1 Å². The van der Waals surface area contributed by atoms with Crippen molar-refractivity contribution in [1.29, 1.82) is 5.26 Å². The molecule has 0 bridgehead atoms. The minimum absolute atomic E-state index is 0.271. The number of aryl methyl sites for hydroxylation is 2. The lowest BCUT2D eigenvalue weighted by Gasteiger charge is -2.09. The highest BCUT2D eigenvalue weighted by Crippen LogP contribution is 2.16. The topological polar surface area (TPSA) is 88.4 Å².